The van der Waals surface area contributed by atoms with E-state index in [0.717, 1.165) is 6.92 Å². The molecule has 68 valence electrons. The van der Waals surface area contributed by atoms with Crippen molar-refractivity contribution in [3.63, 3.8) is 0 Å². The Morgan fingerprint density at radius 3 is 1.73 bits per heavy atom. The average molecular weight is 178 g/mol. The van der Waals surface area contributed by atoms with Gasteiger partial charge in [0.2, 0.25) is 0 Å². The van der Waals surface area contributed by atoms with E-state index in [4.69, 9.17) is 0 Å². The minimum atomic E-state index is -5.17. The van der Waals surface area contributed by atoms with Crippen LogP contribution in [0.2, 0.25) is 0 Å². The first-order valence-electron chi connectivity index (χ1n) is 2.83. The van der Waals surface area contributed by atoms with Crippen LogP contribution in [0.3, 0.4) is 0 Å². The maximum atomic E-state index is 12.4. The Hall–Kier alpha value is -0.390. The second-order valence-corrected chi connectivity index (χ2v) is 1.83. The molecule has 0 rings (SSSR count). The van der Waals surface area contributed by atoms with Crippen molar-refractivity contribution in [2.75, 3.05) is 6.86 Å². The van der Waals surface area contributed by atoms with E-state index < -0.39 is 25.3 Å². The van der Waals surface area contributed by atoms with Crippen LogP contribution in [0.15, 0.2) is 0 Å². The summed E-state index contributed by atoms with van der Waals surface area (Å²) >= 11 is 0. The molecule has 0 spiro atoms. The zero-order chi connectivity index (χ0) is 9.12. The molecule has 0 heterocycles. The minimum Gasteiger partial charge on any atom is -0.307 e. The third kappa shape index (κ3) is 2.28. The quantitative estimate of drug-likeness (QED) is 0.603. The van der Waals surface area contributed by atoms with Gasteiger partial charge in [0.1, 0.15) is 0 Å². The third-order valence-electron chi connectivity index (χ3n) is 1.16. The number of rotatable bonds is 3. The molecule has 0 bridgehead atoms. The molecule has 11 heavy (non-hydrogen) atoms. The van der Waals surface area contributed by atoms with Crippen molar-refractivity contribution in [1.29, 1.82) is 0 Å². The van der Waals surface area contributed by atoms with Crippen LogP contribution < -0.4 is 0 Å². The van der Waals surface area contributed by atoms with E-state index >= 15 is 0 Å². The van der Waals surface area contributed by atoms with E-state index in [0.29, 0.717) is 0 Å². The molecule has 0 aromatic rings. The fourth-order valence-electron chi connectivity index (χ4n) is 0.471. The van der Waals surface area contributed by atoms with Gasteiger partial charge in [0.15, 0.2) is 6.86 Å². The first-order valence-corrected chi connectivity index (χ1v) is 2.83. The highest BCUT2D eigenvalue weighted by molar-refractivity contribution is 4.74. The van der Waals surface area contributed by atoms with Crippen LogP contribution in [0.5, 0.6) is 0 Å². The molecule has 0 radical (unpaired) electrons. The summed E-state index contributed by atoms with van der Waals surface area (Å²) in [6.07, 6.45) is -6.13. The van der Waals surface area contributed by atoms with Gasteiger partial charge in [-0.3, -0.25) is 0 Å². The van der Waals surface area contributed by atoms with Crippen LogP contribution in [0.25, 0.3) is 0 Å². The zero-order valence-electron chi connectivity index (χ0n) is 5.71. The monoisotopic (exact) mass is 178 g/mol. The van der Waals surface area contributed by atoms with Gasteiger partial charge in [-0.1, -0.05) is 6.92 Å². The lowest BCUT2D eigenvalue weighted by molar-refractivity contribution is -0.341. The Labute approximate surface area is 60.1 Å². The molecule has 0 N–H and O–H groups in total. The Morgan fingerprint density at radius 2 is 1.64 bits per heavy atom. The van der Waals surface area contributed by atoms with Gasteiger partial charge in [-0.15, -0.1) is 0 Å². The van der Waals surface area contributed by atoms with Crippen molar-refractivity contribution in [3.8, 4) is 0 Å². The van der Waals surface area contributed by atoms with Crippen molar-refractivity contribution >= 4 is 0 Å². The molecule has 0 saturated carbocycles. The van der Waals surface area contributed by atoms with Crippen molar-refractivity contribution in [2.24, 2.45) is 0 Å². The number of halogens is 5. The Morgan fingerprint density at radius 1 is 1.18 bits per heavy atom. The van der Waals surface area contributed by atoms with Gasteiger partial charge in [-0.2, -0.15) is 13.2 Å². The highest BCUT2D eigenvalue weighted by Gasteiger charge is 2.56. The van der Waals surface area contributed by atoms with Gasteiger partial charge >= 0.3 is 12.0 Å². The molecule has 0 saturated heterocycles. The van der Waals surface area contributed by atoms with Gasteiger partial charge in [-0.05, 0) is 0 Å². The van der Waals surface area contributed by atoms with Crippen molar-refractivity contribution in [1.82, 2.24) is 0 Å². The summed E-state index contributed by atoms with van der Waals surface area (Å²) in [6.45, 7) is -0.868. The maximum absolute atomic E-state index is 12.4. The topological polar surface area (TPSA) is 9.23 Å². The number of hydrogen-bond acceptors (Lipinski definition) is 1. The smallest absolute Gasteiger partial charge is 0.307 e. The summed E-state index contributed by atoms with van der Waals surface area (Å²) in [4.78, 5) is 0. The van der Waals surface area contributed by atoms with Crippen molar-refractivity contribution in [3.05, 3.63) is 0 Å². The van der Waals surface area contributed by atoms with Crippen LogP contribution in [0.1, 0.15) is 13.3 Å². The van der Waals surface area contributed by atoms with E-state index in [2.05, 4.69) is 4.74 Å². The van der Waals surface area contributed by atoms with E-state index in [1.165, 1.54) is 0 Å². The molecule has 0 fully saturated rings. The van der Waals surface area contributed by atoms with Gasteiger partial charge < -0.3 is 4.74 Å². The molecule has 1 nitrogen and oxygen atoms in total. The van der Waals surface area contributed by atoms with E-state index in [1.54, 1.807) is 0 Å². The summed E-state index contributed by atoms with van der Waals surface area (Å²) in [7, 11) is 0. The molecule has 0 aliphatic heterocycles. The average Bonchev–Trinajstić information content (AvgIpc) is 1.86. The van der Waals surface area contributed by atoms with E-state index in [9.17, 15) is 22.0 Å². The van der Waals surface area contributed by atoms with Crippen molar-refractivity contribution in [2.45, 2.75) is 25.4 Å². The minimum absolute atomic E-state index is 0.920. The molecule has 0 amide bonds. The van der Waals surface area contributed by atoms with Crippen LogP contribution in [0.4, 0.5) is 22.0 Å². The second-order valence-electron chi connectivity index (χ2n) is 1.83. The summed E-state index contributed by atoms with van der Waals surface area (Å²) in [5, 5.41) is 0. The number of alkyl halides is 5. The molecule has 0 aliphatic carbocycles. The summed E-state index contributed by atoms with van der Waals surface area (Å²) in [6, 6.07) is 0. The molecule has 0 aliphatic rings. The predicted molar refractivity (Wildman–Crippen MR) is 27.2 cm³/mol. The van der Waals surface area contributed by atoms with Crippen LogP contribution in [-0.4, -0.2) is 18.9 Å². The molecule has 6 heteroatoms. The summed E-state index contributed by atoms with van der Waals surface area (Å²) < 4.78 is 61.8. The molecule has 1 unspecified atom stereocenters. The van der Waals surface area contributed by atoms with E-state index in [-0.39, 0.29) is 0 Å². The molecular formula is C5H7F5O. The number of hydrogen-bond donors (Lipinski definition) is 0. The lowest BCUT2D eigenvalue weighted by atomic mass is 10.2. The van der Waals surface area contributed by atoms with Crippen LogP contribution in [-0.2, 0) is 4.74 Å². The lowest BCUT2D eigenvalue weighted by Crippen LogP contribution is -2.42. The van der Waals surface area contributed by atoms with E-state index in [1.807, 2.05) is 0 Å². The predicted octanol–water partition coefficient (Wildman–Crippen LogP) is 2.57. The SMILES string of the molecule is CCC(F)(OCF)C(F)(F)F. The van der Waals surface area contributed by atoms with Crippen LogP contribution in [0, 0.1) is 0 Å². The molecular weight excluding hydrogens is 171 g/mol. The highest BCUT2D eigenvalue weighted by atomic mass is 19.4. The second kappa shape index (κ2) is 3.34. The fraction of sp³-hybridized carbons (Fsp3) is 1.00. The normalized spacial score (nSPS) is 18.0. The first-order chi connectivity index (χ1) is 4.87. The highest BCUT2D eigenvalue weighted by Crippen LogP contribution is 2.37. The fourth-order valence-corrected chi connectivity index (χ4v) is 0.471. The Balaban J connectivity index is 4.33. The lowest BCUT2D eigenvalue weighted by Gasteiger charge is -2.24. The standard InChI is InChI=1S/C5H7F5O/c1-2-4(7,11-3-6)5(8,9)10/h2-3H2,1H3. The maximum Gasteiger partial charge on any atom is 0.448 e. The molecule has 1 atom stereocenters. The third-order valence-corrected chi connectivity index (χ3v) is 1.16. The van der Waals surface area contributed by atoms with Crippen molar-refractivity contribution < 1.29 is 26.7 Å². The first kappa shape index (κ1) is 10.6. The van der Waals surface area contributed by atoms with Gasteiger partial charge in [0.25, 0.3) is 0 Å². The summed E-state index contributed by atoms with van der Waals surface area (Å²) in [5.41, 5.74) is 0. The summed E-state index contributed by atoms with van der Waals surface area (Å²) in [5.74, 6) is -3.85. The van der Waals surface area contributed by atoms with Gasteiger partial charge in [-0.25, -0.2) is 8.78 Å². The molecule has 0 aromatic carbocycles. The Bertz CT molecular complexity index is 123. The number of ether oxygens (including phenoxy) is 1. The largest absolute Gasteiger partial charge is 0.448 e. The zero-order valence-corrected chi connectivity index (χ0v) is 5.71. The van der Waals surface area contributed by atoms with Gasteiger partial charge in [0, 0.05) is 6.42 Å². The molecule has 0 aromatic heterocycles. The van der Waals surface area contributed by atoms with Crippen LogP contribution >= 0.6 is 0 Å². The Kier molecular flexibility index (Phi) is 3.22. The van der Waals surface area contributed by atoms with Gasteiger partial charge in [0.05, 0.1) is 0 Å².